The normalized spacial score (nSPS) is 20.8. The van der Waals surface area contributed by atoms with E-state index in [4.69, 9.17) is 5.73 Å². The highest BCUT2D eigenvalue weighted by molar-refractivity contribution is 9.10. The number of nitrogens with two attached hydrogens (primary N) is 1. The molecule has 0 aliphatic heterocycles. The molecule has 0 bridgehead atoms. The molecule has 1 aliphatic carbocycles. The van der Waals surface area contributed by atoms with Crippen molar-refractivity contribution in [3.8, 4) is 0 Å². The van der Waals surface area contributed by atoms with Crippen LogP contribution in [-0.2, 0) is 0 Å². The largest absolute Gasteiger partial charge is 0.323 e. The summed E-state index contributed by atoms with van der Waals surface area (Å²) in [7, 11) is 0. The van der Waals surface area contributed by atoms with Crippen molar-refractivity contribution < 1.29 is 0 Å². The molecule has 72 valence electrons. The van der Waals surface area contributed by atoms with Crippen LogP contribution in [0.3, 0.4) is 0 Å². The van der Waals surface area contributed by atoms with E-state index in [0.29, 0.717) is 0 Å². The molecule has 1 fully saturated rings. The van der Waals surface area contributed by atoms with Crippen molar-refractivity contribution in [3.05, 3.63) is 20.8 Å². The summed E-state index contributed by atoms with van der Waals surface area (Å²) in [5.74, 6) is 0.718. The monoisotopic (exact) mass is 259 g/mol. The highest BCUT2D eigenvalue weighted by Gasteiger charge is 2.25. The number of hydrogen-bond acceptors (Lipinski definition) is 2. The second-order valence-corrected chi connectivity index (χ2v) is 5.51. The first-order chi connectivity index (χ1) is 6.29. The Morgan fingerprint density at radius 3 is 2.69 bits per heavy atom. The maximum atomic E-state index is 6.23. The first-order valence-electron chi connectivity index (χ1n) is 4.77. The van der Waals surface area contributed by atoms with Gasteiger partial charge in [0, 0.05) is 15.4 Å². The molecule has 0 amide bonds. The number of halogens is 1. The third-order valence-corrected chi connectivity index (χ3v) is 4.83. The molecule has 1 nitrogen and oxygen atoms in total. The van der Waals surface area contributed by atoms with Crippen molar-refractivity contribution in [2.45, 2.75) is 31.7 Å². The van der Waals surface area contributed by atoms with Gasteiger partial charge in [-0.2, -0.15) is 0 Å². The standard InChI is InChI=1S/C10H14BrNS/c11-8-5-6-13-10(8)9(12)7-3-1-2-4-7/h5-7,9H,1-4,12H2. The Morgan fingerprint density at radius 2 is 2.15 bits per heavy atom. The first-order valence-corrected chi connectivity index (χ1v) is 6.45. The molecule has 2 N–H and O–H groups in total. The van der Waals surface area contributed by atoms with Gasteiger partial charge >= 0.3 is 0 Å². The highest BCUT2D eigenvalue weighted by Crippen LogP contribution is 2.38. The minimum Gasteiger partial charge on any atom is -0.323 e. The van der Waals surface area contributed by atoms with E-state index in [1.165, 1.54) is 35.0 Å². The maximum absolute atomic E-state index is 6.23. The van der Waals surface area contributed by atoms with Crippen LogP contribution in [0.25, 0.3) is 0 Å². The van der Waals surface area contributed by atoms with Crippen LogP contribution in [0.2, 0.25) is 0 Å². The van der Waals surface area contributed by atoms with E-state index in [1.807, 2.05) is 0 Å². The van der Waals surface area contributed by atoms with Crippen LogP contribution < -0.4 is 5.73 Å². The second kappa shape index (κ2) is 4.11. The minimum atomic E-state index is 0.261. The van der Waals surface area contributed by atoms with Gasteiger partial charge in [0.25, 0.3) is 0 Å². The lowest BCUT2D eigenvalue weighted by atomic mass is 9.98. The Labute approximate surface area is 91.5 Å². The van der Waals surface area contributed by atoms with Crippen LogP contribution in [0.1, 0.15) is 36.6 Å². The van der Waals surface area contributed by atoms with Gasteiger partial charge in [0.2, 0.25) is 0 Å². The Hall–Kier alpha value is 0.140. The Balaban J connectivity index is 2.12. The topological polar surface area (TPSA) is 26.0 Å². The second-order valence-electron chi connectivity index (χ2n) is 3.70. The number of hydrogen-bond donors (Lipinski definition) is 1. The van der Waals surface area contributed by atoms with Gasteiger partial charge in [-0.25, -0.2) is 0 Å². The van der Waals surface area contributed by atoms with Crippen molar-refractivity contribution in [1.82, 2.24) is 0 Å². The van der Waals surface area contributed by atoms with E-state index in [-0.39, 0.29) is 6.04 Å². The predicted octanol–water partition coefficient (Wildman–Crippen LogP) is 3.70. The molecule has 0 saturated heterocycles. The fraction of sp³-hybridized carbons (Fsp3) is 0.600. The van der Waals surface area contributed by atoms with Gasteiger partial charge in [-0.1, -0.05) is 12.8 Å². The molecule has 2 rings (SSSR count). The molecule has 0 aromatic carbocycles. The fourth-order valence-corrected chi connectivity index (χ4v) is 3.81. The summed E-state index contributed by atoms with van der Waals surface area (Å²) in [6, 6.07) is 2.35. The molecule has 0 spiro atoms. The van der Waals surface area contributed by atoms with Crippen LogP contribution >= 0.6 is 27.3 Å². The summed E-state index contributed by atoms with van der Waals surface area (Å²) in [5.41, 5.74) is 6.23. The smallest absolute Gasteiger partial charge is 0.0429 e. The van der Waals surface area contributed by atoms with E-state index in [1.54, 1.807) is 11.3 Å². The quantitative estimate of drug-likeness (QED) is 0.862. The zero-order valence-electron chi connectivity index (χ0n) is 7.50. The van der Waals surface area contributed by atoms with Crippen LogP contribution in [-0.4, -0.2) is 0 Å². The van der Waals surface area contributed by atoms with Gasteiger partial charge in [0.15, 0.2) is 0 Å². The lowest BCUT2D eigenvalue weighted by molar-refractivity contribution is 0.449. The van der Waals surface area contributed by atoms with Gasteiger partial charge in [-0.05, 0) is 46.1 Å². The van der Waals surface area contributed by atoms with Gasteiger partial charge in [-0.3, -0.25) is 0 Å². The molecule has 0 radical (unpaired) electrons. The Morgan fingerprint density at radius 1 is 1.46 bits per heavy atom. The fourth-order valence-electron chi connectivity index (χ4n) is 2.07. The van der Waals surface area contributed by atoms with Crippen molar-refractivity contribution >= 4 is 27.3 Å². The lowest BCUT2D eigenvalue weighted by Crippen LogP contribution is -2.18. The molecule has 3 heteroatoms. The maximum Gasteiger partial charge on any atom is 0.0429 e. The minimum absolute atomic E-state index is 0.261. The van der Waals surface area contributed by atoms with E-state index < -0.39 is 0 Å². The van der Waals surface area contributed by atoms with Crippen molar-refractivity contribution in [2.75, 3.05) is 0 Å². The van der Waals surface area contributed by atoms with Gasteiger partial charge in [0.05, 0.1) is 0 Å². The average molecular weight is 260 g/mol. The highest BCUT2D eigenvalue weighted by atomic mass is 79.9. The summed E-state index contributed by atoms with van der Waals surface area (Å²) in [5, 5.41) is 2.11. The lowest BCUT2D eigenvalue weighted by Gasteiger charge is -2.17. The van der Waals surface area contributed by atoms with Crippen LogP contribution in [0, 0.1) is 5.92 Å². The summed E-state index contributed by atoms with van der Waals surface area (Å²) in [6.45, 7) is 0. The van der Waals surface area contributed by atoms with Gasteiger partial charge in [0.1, 0.15) is 0 Å². The average Bonchev–Trinajstić information content (AvgIpc) is 2.72. The molecule has 1 atom stereocenters. The Bertz CT molecular complexity index is 278. The first kappa shape index (κ1) is 9.69. The van der Waals surface area contributed by atoms with E-state index in [9.17, 15) is 0 Å². The number of thiophene rings is 1. The third-order valence-electron chi connectivity index (χ3n) is 2.86. The van der Waals surface area contributed by atoms with E-state index in [2.05, 4.69) is 27.4 Å². The van der Waals surface area contributed by atoms with Crippen LogP contribution in [0.15, 0.2) is 15.9 Å². The predicted molar refractivity (Wildman–Crippen MR) is 60.9 cm³/mol. The molecular weight excluding hydrogens is 246 g/mol. The summed E-state index contributed by atoms with van der Waals surface area (Å²) in [4.78, 5) is 1.33. The molecular formula is C10H14BrNS. The van der Waals surface area contributed by atoms with E-state index in [0.717, 1.165) is 5.92 Å². The molecule has 1 aromatic rings. The van der Waals surface area contributed by atoms with Crippen molar-refractivity contribution in [3.63, 3.8) is 0 Å². The SMILES string of the molecule is NC(c1sccc1Br)C1CCCC1. The summed E-state index contributed by atoms with van der Waals surface area (Å²) < 4.78 is 1.19. The zero-order chi connectivity index (χ0) is 9.26. The number of rotatable bonds is 2. The molecule has 1 unspecified atom stereocenters. The Kier molecular flexibility index (Phi) is 3.06. The third kappa shape index (κ3) is 1.97. The summed E-state index contributed by atoms with van der Waals surface area (Å²) >= 11 is 5.32. The van der Waals surface area contributed by atoms with Crippen LogP contribution in [0.5, 0.6) is 0 Å². The molecule has 1 aliphatic rings. The summed E-state index contributed by atoms with van der Waals surface area (Å²) in [6.07, 6.45) is 5.35. The van der Waals surface area contributed by atoms with Gasteiger partial charge in [-0.15, -0.1) is 11.3 Å². The van der Waals surface area contributed by atoms with Gasteiger partial charge < -0.3 is 5.73 Å². The van der Waals surface area contributed by atoms with Crippen LogP contribution in [0.4, 0.5) is 0 Å². The molecule has 1 aromatic heterocycles. The zero-order valence-corrected chi connectivity index (χ0v) is 9.90. The molecule has 1 saturated carbocycles. The van der Waals surface area contributed by atoms with Crippen molar-refractivity contribution in [2.24, 2.45) is 11.7 Å². The molecule has 1 heterocycles. The van der Waals surface area contributed by atoms with E-state index >= 15 is 0 Å². The van der Waals surface area contributed by atoms with Crippen molar-refractivity contribution in [1.29, 1.82) is 0 Å². The molecule has 13 heavy (non-hydrogen) atoms.